The molecule has 2 aromatic carbocycles. The van der Waals surface area contributed by atoms with Gasteiger partial charge in [0.05, 0.1) is 23.2 Å². The number of carbonyl (C=O) groups is 2. The van der Waals surface area contributed by atoms with Crippen LogP contribution in [0.2, 0.25) is 5.02 Å². The number of aliphatic hydroxyl groups excluding tert-OH is 1. The smallest absolute Gasteiger partial charge is 0.295 e. The van der Waals surface area contributed by atoms with Crippen LogP contribution in [-0.2, 0) is 9.59 Å². The van der Waals surface area contributed by atoms with Gasteiger partial charge >= 0.3 is 0 Å². The maximum atomic E-state index is 13.4. The Bertz CT molecular complexity index is 1290. The van der Waals surface area contributed by atoms with Crippen LogP contribution in [0.5, 0.6) is 5.75 Å². The molecule has 3 aromatic rings. The average molecular weight is 479 g/mol. The molecule has 5 rings (SSSR count). The van der Waals surface area contributed by atoms with E-state index in [2.05, 4.69) is 4.98 Å². The minimum atomic E-state index is -0.675. The fourth-order valence-corrected chi connectivity index (χ4v) is 5.46. The molecule has 2 heterocycles. The molecule has 1 aromatic heterocycles. The fraction of sp³-hybridized carbons (Fsp3) is 0.333. The summed E-state index contributed by atoms with van der Waals surface area (Å²) < 4.78 is 5.58. The molecule has 7 heteroatoms. The van der Waals surface area contributed by atoms with Gasteiger partial charge in [-0.15, -0.1) is 0 Å². The van der Waals surface area contributed by atoms with E-state index in [0.717, 1.165) is 48.6 Å². The van der Waals surface area contributed by atoms with E-state index in [-0.39, 0.29) is 17.4 Å². The van der Waals surface area contributed by atoms with Gasteiger partial charge in [0.25, 0.3) is 11.7 Å². The number of carbonyl (C=O) groups excluding carboxylic acids is 2. The minimum Gasteiger partial charge on any atom is -0.507 e. The summed E-state index contributed by atoms with van der Waals surface area (Å²) in [5.41, 5.74) is 2.21. The lowest BCUT2D eigenvalue weighted by Crippen LogP contribution is -2.40. The number of amides is 1. The number of aromatic amines is 1. The first kappa shape index (κ1) is 22.5. The van der Waals surface area contributed by atoms with Gasteiger partial charge in [-0.3, -0.25) is 9.59 Å². The number of nitrogens with zero attached hydrogens (tertiary/aromatic N) is 1. The van der Waals surface area contributed by atoms with E-state index in [1.807, 2.05) is 37.4 Å². The molecule has 2 N–H and O–H groups in total. The van der Waals surface area contributed by atoms with Crippen molar-refractivity contribution in [2.75, 3.05) is 6.61 Å². The SMILES string of the molecule is CCOc1cc(/C(O)=C2\C(=O)C(=O)N(C3CCCCC3)C2c2c[nH]c3ccccc23)ccc1Cl. The molecular formula is C27H27ClN2O4. The number of halogens is 1. The number of benzene rings is 2. The Balaban J connectivity index is 1.70. The van der Waals surface area contributed by atoms with Gasteiger partial charge in [-0.1, -0.05) is 49.1 Å². The third-order valence-corrected chi connectivity index (χ3v) is 7.18. The molecule has 1 saturated carbocycles. The maximum absolute atomic E-state index is 13.4. The average Bonchev–Trinajstić information content (AvgIpc) is 3.39. The molecule has 0 bridgehead atoms. The van der Waals surface area contributed by atoms with E-state index in [9.17, 15) is 14.7 Å². The van der Waals surface area contributed by atoms with Crippen molar-refractivity contribution >= 4 is 40.0 Å². The first-order valence-corrected chi connectivity index (χ1v) is 12.2. The van der Waals surface area contributed by atoms with Crippen LogP contribution in [0.3, 0.4) is 0 Å². The molecule has 0 radical (unpaired) electrons. The third-order valence-electron chi connectivity index (χ3n) is 6.87. The standard InChI is InChI=1S/C27H27ClN2O4/c1-2-34-22-14-16(12-13-20(22)28)25(31)23-24(19-15-29-21-11-7-6-10-18(19)21)30(27(33)26(23)32)17-8-4-3-5-9-17/h6-7,10-15,17,24,29,31H,2-5,8-9H2,1H3/b25-23+. The van der Waals surface area contributed by atoms with Crippen molar-refractivity contribution in [2.45, 2.75) is 51.1 Å². The molecule has 0 spiro atoms. The lowest BCUT2D eigenvalue weighted by Gasteiger charge is -2.35. The summed E-state index contributed by atoms with van der Waals surface area (Å²) >= 11 is 6.24. The molecule has 1 aliphatic carbocycles. The van der Waals surface area contributed by atoms with Gasteiger partial charge in [0.15, 0.2) is 0 Å². The zero-order chi connectivity index (χ0) is 23.8. The molecule has 1 unspecified atom stereocenters. The van der Waals surface area contributed by atoms with Gasteiger partial charge in [-0.05, 0) is 44.0 Å². The highest BCUT2D eigenvalue weighted by Gasteiger charge is 2.49. The molecule has 1 amide bonds. The second kappa shape index (κ2) is 9.18. The number of para-hydroxylation sites is 1. The number of aromatic nitrogens is 1. The lowest BCUT2D eigenvalue weighted by molar-refractivity contribution is -0.141. The van der Waals surface area contributed by atoms with Crippen molar-refractivity contribution in [3.8, 4) is 5.75 Å². The Kier molecular flexibility index (Phi) is 6.09. The molecule has 1 saturated heterocycles. The van der Waals surface area contributed by atoms with Crippen molar-refractivity contribution in [2.24, 2.45) is 0 Å². The van der Waals surface area contributed by atoms with E-state index in [0.29, 0.717) is 22.9 Å². The Morgan fingerprint density at radius 2 is 1.91 bits per heavy atom. The van der Waals surface area contributed by atoms with Gasteiger partial charge in [-0.25, -0.2) is 0 Å². The van der Waals surface area contributed by atoms with E-state index in [1.165, 1.54) is 0 Å². The highest BCUT2D eigenvalue weighted by molar-refractivity contribution is 6.46. The van der Waals surface area contributed by atoms with Crippen LogP contribution in [0.4, 0.5) is 0 Å². The van der Waals surface area contributed by atoms with Crippen LogP contribution < -0.4 is 4.74 Å². The molecular weight excluding hydrogens is 452 g/mol. The number of ether oxygens (including phenoxy) is 1. The van der Waals surface area contributed by atoms with Crippen LogP contribution in [0, 0.1) is 0 Å². The normalized spacial score (nSPS) is 20.9. The van der Waals surface area contributed by atoms with E-state index in [4.69, 9.17) is 16.3 Å². The highest BCUT2D eigenvalue weighted by Crippen LogP contribution is 2.45. The van der Waals surface area contributed by atoms with Gasteiger partial charge in [0.1, 0.15) is 11.5 Å². The van der Waals surface area contributed by atoms with Crippen LogP contribution >= 0.6 is 11.6 Å². The summed E-state index contributed by atoms with van der Waals surface area (Å²) in [6, 6.07) is 11.9. The molecule has 2 aliphatic rings. The Labute approximate surface area is 203 Å². The van der Waals surface area contributed by atoms with Gasteiger partial charge in [0.2, 0.25) is 0 Å². The zero-order valence-corrected chi connectivity index (χ0v) is 19.8. The first-order valence-electron chi connectivity index (χ1n) is 11.8. The fourth-order valence-electron chi connectivity index (χ4n) is 5.28. The minimum absolute atomic E-state index is 0.0432. The summed E-state index contributed by atoms with van der Waals surface area (Å²) in [5.74, 6) is -1.02. The van der Waals surface area contributed by atoms with Crippen LogP contribution in [0.25, 0.3) is 16.7 Å². The van der Waals surface area contributed by atoms with Crippen molar-refractivity contribution in [3.63, 3.8) is 0 Å². The Morgan fingerprint density at radius 1 is 1.15 bits per heavy atom. The number of hydrogen-bond acceptors (Lipinski definition) is 4. The number of Topliss-reactive ketones (excluding diaryl/α,β-unsaturated/α-hetero) is 1. The van der Waals surface area contributed by atoms with Crippen molar-refractivity contribution in [1.82, 2.24) is 9.88 Å². The molecule has 6 nitrogen and oxygen atoms in total. The number of fused-ring (bicyclic) bond motifs is 1. The zero-order valence-electron chi connectivity index (χ0n) is 19.0. The molecule has 2 fully saturated rings. The number of ketones is 1. The largest absolute Gasteiger partial charge is 0.507 e. The van der Waals surface area contributed by atoms with E-state index < -0.39 is 17.7 Å². The molecule has 34 heavy (non-hydrogen) atoms. The number of H-pyrrole nitrogens is 1. The summed E-state index contributed by atoms with van der Waals surface area (Å²) in [4.78, 5) is 31.8. The number of hydrogen-bond donors (Lipinski definition) is 2. The second-order valence-electron chi connectivity index (χ2n) is 8.87. The predicted molar refractivity (Wildman–Crippen MR) is 132 cm³/mol. The topological polar surface area (TPSA) is 82.6 Å². The monoisotopic (exact) mass is 478 g/mol. The Hall–Kier alpha value is -3.25. The van der Waals surface area contributed by atoms with Crippen LogP contribution in [0.1, 0.15) is 56.2 Å². The van der Waals surface area contributed by atoms with Gasteiger partial charge in [-0.2, -0.15) is 0 Å². The molecule has 1 atom stereocenters. The van der Waals surface area contributed by atoms with Gasteiger partial charge in [0, 0.05) is 34.3 Å². The predicted octanol–water partition coefficient (Wildman–Crippen LogP) is 5.97. The number of likely N-dealkylation sites (tertiary alicyclic amines) is 1. The highest BCUT2D eigenvalue weighted by atomic mass is 35.5. The number of aliphatic hydroxyl groups is 1. The van der Waals surface area contributed by atoms with E-state index >= 15 is 0 Å². The van der Waals surface area contributed by atoms with Crippen molar-refractivity contribution < 1.29 is 19.4 Å². The summed E-state index contributed by atoms with van der Waals surface area (Å²) in [6.07, 6.45) is 6.70. The molecule has 176 valence electrons. The first-order chi connectivity index (χ1) is 16.5. The quantitative estimate of drug-likeness (QED) is 0.268. The van der Waals surface area contributed by atoms with Crippen LogP contribution in [-0.4, -0.2) is 39.3 Å². The molecule has 1 aliphatic heterocycles. The summed E-state index contributed by atoms with van der Waals surface area (Å²) in [7, 11) is 0. The summed E-state index contributed by atoms with van der Waals surface area (Å²) in [5, 5.41) is 12.8. The maximum Gasteiger partial charge on any atom is 0.295 e. The number of rotatable bonds is 5. The van der Waals surface area contributed by atoms with Gasteiger partial charge < -0.3 is 19.7 Å². The van der Waals surface area contributed by atoms with E-state index in [1.54, 1.807) is 23.1 Å². The number of nitrogens with one attached hydrogen (secondary N) is 1. The second-order valence-corrected chi connectivity index (χ2v) is 9.27. The van der Waals surface area contributed by atoms with Crippen LogP contribution in [0.15, 0.2) is 54.2 Å². The van der Waals surface area contributed by atoms with Crippen molar-refractivity contribution in [1.29, 1.82) is 0 Å². The third kappa shape index (κ3) is 3.76. The van der Waals surface area contributed by atoms with Crippen molar-refractivity contribution in [3.05, 3.63) is 70.4 Å². The summed E-state index contributed by atoms with van der Waals surface area (Å²) in [6.45, 7) is 2.25. The Morgan fingerprint density at radius 3 is 2.68 bits per heavy atom. The lowest BCUT2D eigenvalue weighted by atomic mass is 9.90.